The molecule has 0 aromatic carbocycles. The smallest absolute Gasteiger partial charge is 0.167 e. The van der Waals surface area contributed by atoms with Crippen molar-refractivity contribution in [1.29, 1.82) is 0 Å². The number of morpholine rings is 1. The van der Waals surface area contributed by atoms with E-state index in [0.717, 1.165) is 31.9 Å². The third-order valence-corrected chi connectivity index (χ3v) is 3.20. The van der Waals surface area contributed by atoms with Gasteiger partial charge in [-0.15, -0.1) is 5.10 Å². The van der Waals surface area contributed by atoms with E-state index in [1.807, 2.05) is 7.05 Å². The number of hydrogen-bond acceptors (Lipinski definition) is 5. The molecule has 1 aliphatic rings. The lowest BCUT2D eigenvalue weighted by atomic mass is 10.1. The number of rotatable bonds is 3. The fourth-order valence-electron chi connectivity index (χ4n) is 2.09. The van der Waals surface area contributed by atoms with Crippen molar-refractivity contribution in [2.24, 2.45) is 7.05 Å². The largest absolute Gasteiger partial charge is 0.376 e. The first-order valence-electron chi connectivity index (χ1n) is 5.80. The van der Waals surface area contributed by atoms with Crippen LogP contribution in [0.4, 0.5) is 0 Å². The molecular weight excluding hydrogens is 206 g/mol. The molecule has 2 rings (SSSR count). The van der Waals surface area contributed by atoms with Crippen molar-refractivity contribution in [3.8, 4) is 0 Å². The van der Waals surface area contributed by atoms with E-state index in [-0.39, 0.29) is 6.04 Å². The summed E-state index contributed by atoms with van der Waals surface area (Å²) in [7, 11) is 1.88. The van der Waals surface area contributed by atoms with Crippen molar-refractivity contribution in [3.63, 3.8) is 0 Å². The van der Waals surface area contributed by atoms with Crippen molar-refractivity contribution in [2.45, 2.75) is 32.4 Å². The van der Waals surface area contributed by atoms with E-state index in [2.05, 4.69) is 34.3 Å². The van der Waals surface area contributed by atoms with E-state index in [0.29, 0.717) is 6.10 Å². The van der Waals surface area contributed by atoms with E-state index < -0.39 is 0 Å². The molecule has 2 atom stereocenters. The molecule has 0 amide bonds. The lowest BCUT2D eigenvalue weighted by Gasteiger charge is -2.35. The lowest BCUT2D eigenvalue weighted by Crippen LogP contribution is -2.43. The van der Waals surface area contributed by atoms with Gasteiger partial charge in [-0.05, 0) is 23.8 Å². The molecule has 0 N–H and O–H groups in total. The average Bonchev–Trinajstić information content (AvgIpc) is 2.74. The van der Waals surface area contributed by atoms with Crippen LogP contribution in [-0.4, -0.2) is 50.9 Å². The van der Waals surface area contributed by atoms with Gasteiger partial charge in [0, 0.05) is 20.1 Å². The molecular formula is C10H19N5O. The average molecular weight is 225 g/mol. The molecule has 1 saturated heterocycles. The van der Waals surface area contributed by atoms with Gasteiger partial charge < -0.3 is 4.74 Å². The van der Waals surface area contributed by atoms with Gasteiger partial charge in [-0.1, -0.05) is 6.92 Å². The van der Waals surface area contributed by atoms with Gasteiger partial charge >= 0.3 is 0 Å². The summed E-state index contributed by atoms with van der Waals surface area (Å²) in [6.45, 7) is 7.01. The second-order valence-corrected chi connectivity index (χ2v) is 4.23. The monoisotopic (exact) mass is 225 g/mol. The fourth-order valence-corrected chi connectivity index (χ4v) is 2.09. The number of ether oxygens (including phenoxy) is 1. The molecule has 6 heteroatoms. The Morgan fingerprint density at radius 1 is 1.56 bits per heavy atom. The summed E-state index contributed by atoms with van der Waals surface area (Å²) < 4.78 is 7.39. The standard InChI is InChI=1S/C10H19N5O/c1-4-9-7-15(5-6-16-9)8(2)10-11-12-13-14(10)3/h8-9H,4-7H2,1-3H3/t8-,9+/m1/s1. The van der Waals surface area contributed by atoms with Gasteiger partial charge in [0.05, 0.1) is 18.8 Å². The van der Waals surface area contributed by atoms with E-state index >= 15 is 0 Å². The van der Waals surface area contributed by atoms with E-state index in [4.69, 9.17) is 4.74 Å². The minimum absolute atomic E-state index is 0.248. The Bertz CT molecular complexity index is 340. The Labute approximate surface area is 95.6 Å². The second kappa shape index (κ2) is 4.88. The zero-order valence-electron chi connectivity index (χ0n) is 10.1. The van der Waals surface area contributed by atoms with Crippen LogP contribution in [0.3, 0.4) is 0 Å². The molecule has 16 heavy (non-hydrogen) atoms. The first-order valence-corrected chi connectivity index (χ1v) is 5.80. The highest BCUT2D eigenvalue weighted by molar-refractivity contribution is 4.91. The van der Waals surface area contributed by atoms with Gasteiger partial charge in [0.1, 0.15) is 0 Å². The molecule has 1 aliphatic heterocycles. The molecule has 0 radical (unpaired) electrons. The number of aryl methyl sites for hydroxylation is 1. The predicted octanol–water partition coefficient (Wildman–Crippen LogP) is 0.382. The molecule has 0 bridgehead atoms. The number of nitrogens with zero attached hydrogens (tertiary/aromatic N) is 5. The maximum atomic E-state index is 5.65. The molecule has 0 saturated carbocycles. The topological polar surface area (TPSA) is 56.1 Å². The summed E-state index contributed by atoms with van der Waals surface area (Å²) in [6.07, 6.45) is 1.40. The van der Waals surface area contributed by atoms with Crippen molar-refractivity contribution < 1.29 is 4.74 Å². The molecule has 1 fully saturated rings. The Hall–Kier alpha value is -1.01. The molecule has 90 valence electrons. The normalized spacial score (nSPS) is 24.6. The van der Waals surface area contributed by atoms with Crippen LogP contribution in [0.5, 0.6) is 0 Å². The van der Waals surface area contributed by atoms with Crippen LogP contribution in [0.2, 0.25) is 0 Å². The molecule has 6 nitrogen and oxygen atoms in total. The fraction of sp³-hybridized carbons (Fsp3) is 0.900. The Morgan fingerprint density at radius 3 is 3.00 bits per heavy atom. The highest BCUT2D eigenvalue weighted by Crippen LogP contribution is 2.20. The quantitative estimate of drug-likeness (QED) is 0.744. The zero-order chi connectivity index (χ0) is 11.5. The van der Waals surface area contributed by atoms with Crippen LogP contribution in [0.1, 0.15) is 32.1 Å². The van der Waals surface area contributed by atoms with E-state index in [1.165, 1.54) is 0 Å². The SMILES string of the molecule is CC[C@H]1CN([C@H](C)c2nnnn2C)CCO1. The number of aromatic nitrogens is 4. The molecule has 2 heterocycles. The summed E-state index contributed by atoms with van der Waals surface area (Å²) >= 11 is 0. The van der Waals surface area contributed by atoms with Gasteiger partial charge in [0.25, 0.3) is 0 Å². The van der Waals surface area contributed by atoms with E-state index in [9.17, 15) is 0 Å². The predicted molar refractivity (Wildman–Crippen MR) is 58.8 cm³/mol. The van der Waals surface area contributed by atoms with Crippen LogP contribution in [0.25, 0.3) is 0 Å². The third kappa shape index (κ3) is 2.22. The van der Waals surface area contributed by atoms with E-state index in [1.54, 1.807) is 4.68 Å². The first kappa shape index (κ1) is 11.5. The molecule has 1 aromatic rings. The van der Waals surface area contributed by atoms with Crippen molar-refractivity contribution in [2.75, 3.05) is 19.7 Å². The lowest BCUT2D eigenvalue weighted by molar-refractivity contribution is -0.0440. The Kier molecular flexibility index (Phi) is 3.50. The summed E-state index contributed by atoms with van der Waals surface area (Å²) in [5, 5.41) is 11.6. The maximum absolute atomic E-state index is 5.65. The molecule has 0 unspecified atom stereocenters. The first-order chi connectivity index (χ1) is 7.72. The van der Waals surface area contributed by atoms with Crippen molar-refractivity contribution >= 4 is 0 Å². The number of tetrazole rings is 1. The van der Waals surface area contributed by atoms with Gasteiger partial charge in [0.15, 0.2) is 5.82 Å². The molecule has 1 aromatic heterocycles. The molecule has 0 spiro atoms. The third-order valence-electron chi connectivity index (χ3n) is 3.20. The molecule has 0 aliphatic carbocycles. The van der Waals surface area contributed by atoms with Crippen LogP contribution in [-0.2, 0) is 11.8 Å². The van der Waals surface area contributed by atoms with Gasteiger partial charge in [0.2, 0.25) is 0 Å². The summed E-state index contributed by atoms with van der Waals surface area (Å²) in [5.41, 5.74) is 0. The maximum Gasteiger partial charge on any atom is 0.167 e. The summed E-state index contributed by atoms with van der Waals surface area (Å²) in [5.74, 6) is 0.914. The van der Waals surface area contributed by atoms with Crippen molar-refractivity contribution in [1.82, 2.24) is 25.1 Å². The van der Waals surface area contributed by atoms with Gasteiger partial charge in [-0.2, -0.15) is 0 Å². The minimum Gasteiger partial charge on any atom is -0.376 e. The Morgan fingerprint density at radius 2 is 2.38 bits per heavy atom. The van der Waals surface area contributed by atoms with Crippen LogP contribution >= 0.6 is 0 Å². The minimum atomic E-state index is 0.248. The van der Waals surface area contributed by atoms with Crippen LogP contribution in [0, 0.1) is 0 Å². The van der Waals surface area contributed by atoms with Crippen LogP contribution < -0.4 is 0 Å². The van der Waals surface area contributed by atoms with Gasteiger partial charge in [-0.25, -0.2) is 4.68 Å². The summed E-state index contributed by atoms with van der Waals surface area (Å²) in [6, 6.07) is 0.248. The highest BCUT2D eigenvalue weighted by atomic mass is 16.5. The zero-order valence-corrected chi connectivity index (χ0v) is 10.1. The van der Waals surface area contributed by atoms with Gasteiger partial charge in [-0.3, -0.25) is 4.90 Å². The Balaban J connectivity index is 2.04. The second-order valence-electron chi connectivity index (χ2n) is 4.23. The highest BCUT2D eigenvalue weighted by Gasteiger charge is 2.26. The van der Waals surface area contributed by atoms with Crippen molar-refractivity contribution in [3.05, 3.63) is 5.82 Å². The summed E-state index contributed by atoms with van der Waals surface area (Å²) in [4.78, 5) is 2.38. The number of hydrogen-bond donors (Lipinski definition) is 0. The van der Waals surface area contributed by atoms with Crippen LogP contribution in [0.15, 0.2) is 0 Å².